The van der Waals surface area contributed by atoms with Gasteiger partial charge < -0.3 is 26.0 Å². The number of methoxy groups -OCH3 is 1. The summed E-state index contributed by atoms with van der Waals surface area (Å²) >= 11 is 0. The van der Waals surface area contributed by atoms with Crippen molar-refractivity contribution in [3.05, 3.63) is 64.8 Å². The number of para-hydroxylation sites is 1. The standard InChI is InChI=1S/C28H34N6O2/c1-34-13-12-19-15-25(36-2)24(14-20(19)17-34)32-28-30-16-22(26(29)35)27(33-28)31-23-11-7-6-10-21(23)18-8-4-3-5-9-18/h6-7,10-11,14-16,18H,3-5,8-9,12-13,17H2,1-2H3,(H2,29,35)(H2,30,31,32,33). The summed E-state index contributed by atoms with van der Waals surface area (Å²) in [5, 5.41) is 6.70. The van der Waals surface area contributed by atoms with Crippen molar-refractivity contribution >= 4 is 29.0 Å². The van der Waals surface area contributed by atoms with Crippen LogP contribution in [0.4, 0.5) is 23.1 Å². The third-order valence-corrected chi connectivity index (χ3v) is 7.28. The lowest BCUT2D eigenvalue weighted by molar-refractivity contribution is 0.100. The summed E-state index contributed by atoms with van der Waals surface area (Å²) in [5.41, 5.74) is 11.5. The fourth-order valence-corrected chi connectivity index (χ4v) is 5.34. The summed E-state index contributed by atoms with van der Waals surface area (Å²) in [6.45, 7) is 1.90. The average molecular weight is 487 g/mol. The summed E-state index contributed by atoms with van der Waals surface area (Å²) < 4.78 is 5.66. The van der Waals surface area contributed by atoms with Crippen LogP contribution in [0.3, 0.4) is 0 Å². The number of primary amides is 1. The maximum absolute atomic E-state index is 12.2. The molecular formula is C28H34N6O2. The molecule has 0 bridgehead atoms. The van der Waals surface area contributed by atoms with Gasteiger partial charge in [0.15, 0.2) is 0 Å². The fraction of sp³-hybridized carbons (Fsp3) is 0.393. The second-order valence-electron chi connectivity index (χ2n) is 9.80. The van der Waals surface area contributed by atoms with Gasteiger partial charge in [0.05, 0.1) is 12.8 Å². The topological polar surface area (TPSA) is 105 Å². The van der Waals surface area contributed by atoms with E-state index in [1.165, 1.54) is 55.0 Å². The Labute approximate surface area is 212 Å². The maximum atomic E-state index is 12.2. The highest BCUT2D eigenvalue weighted by Gasteiger charge is 2.21. The van der Waals surface area contributed by atoms with Crippen LogP contribution in [-0.4, -0.2) is 41.5 Å². The predicted octanol–water partition coefficient (Wildman–Crippen LogP) is 5.11. The molecule has 0 saturated heterocycles. The van der Waals surface area contributed by atoms with Crippen LogP contribution in [0.2, 0.25) is 0 Å². The van der Waals surface area contributed by atoms with Crippen molar-refractivity contribution < 1.29 is 9.53 Å². The molecule has 3 aromatic rings. The number of ether oxygens (including phenoxy) is 1. The van der Waals surface area contributed by atoms with Crippen molar-refractivity contribution in [3.63, 3.8) is 0 Å². The number of aromatic nitrogens is 2. The highest BCUT2D eigenvalue weighted by Crippen LogP contribution is 2.38. The molecule has 1 aromatic heterocycles. The summed E-state index contributed by atoms with van der Waals surface area (Å²) in [5.74, 6) is 1.41. The molecule has 0 unspecified atom stereocenters. The lowest BCUT2D eigenvalue weighted by atomic mass is 9.83. The molecule has 2 aromatic carbocycles. The molecule has 0 spiro atoms. The Kier molecular flexibility index (Phi) is 7.04. The first-order valence-corrected chi connectivity index (χ1v) is 12.7. The van der Waals surface area contributed by atoms with Gasteiger partial charge in [-0.05, 0) is 67.1 Å². The van der Waals surface area contributed by atoms with Gasteiger partial charge in [-0.2, -0.15) is 4.98 Å². The zero-order valence-corrected chi connectivity index (χ0v) is 21.0. The maximum Gasteiger partial charge on any atom is 0.254 e. The molecule has 1 amide bonds. The summed E-state index contributed by atoms with van der Waals surface area (Å²) in [6.07, 6.45) is 8.58. The number of nitrogens with one attached hydrogen (secondary N) is 2. The van der Waals surface area contributed by atoms with Gasteiger partial charge in [0.2, 0.25) is 5.95 Å². The second-order valence-corrected chi connectivity index (χ2v) is 9.80. The van der Waals surface area contributed by atoms with E-state index >= 15 is 0 Å². The number of amides is 1. The summed E-state index contributed by atoms with van der Waals surface area (Å²) in [7, 11) is 3.78. The van der Waals surface area contributed by atoms with Crippen LogP contribution >= 0.6 is 0 Å². The molecule has 2 aliphatic rings. The average Bonchev–Trinajstić information content (AvgIpc) is 2.89. The zero-order chi connectivity index (χ0) is 25.1. The number of nitrogens with two attached hydrogens (primary N) is 1. The molecule has 0 atom stereocenters. The Morgan fingerprint density at radius 1 is 1.08 bits per heavy atom. The van der Waals surface area contributed by atoms with Crippen LogP contribution in [0.25, 0.3) is 0 Å². The van der Waals surface area contributed by atoms with Crippen molar-refractivity contribution in [2.45, 2.75) is 51.0 Å². The molecule has 1 aliphatic carbocycles. The van der Waals surface area contributed by atoms with E-state index in [-0.39, 0.29) is 5.56 Å². The van der Waals surface area contributed by atoms with E-state index in [1.807, 2.05) is 12.1 Å². The van der Waals surface area contributed by atoms with Crippen LogP contribution in [0, 0.1) is 0 Å². The third kappa shape index (κ3) is 5.14. The molecule has 8 heteroatoms. The molecule has 8 nitrogen and oxygen atoms in total. The first kappa shape index (κ1) is 24.1. The molecule has 4 N–H and O–H groups in total. The number of rotatable bonds is 7. The summed E-state index contributed by atoms with van der Waals surface area (Å²) in [6, 6.07) is 12.4. The number of hydrogen-bond acceptors (Lipinski definition) is 7. The SMILES string of the molecule is COc1cc2c(cc1Nc1ncc(C(N)=O)c(Nc3ccccc3C3CCCCC3)n1)CN(C)CC2. The van der Waals surface area contributed by atoms with Crippen molar-refractivity contribution in [2.75, 3.05) is 31.3 Å². The Hall–Kier alpha value is -3.65. The summed E-state index contributed by atoms with van der Waals surface area (Å²) in [4.78, 5) is 23.6. The lowest BCUT2D eigenvalue weighted by Crippen LogP contribution is -2.26. The van der Waals surface area contributed by atoms with E-state index in [2.05, 4.69) is 56.8 Å². The molecule has 2 heterocycles. The largest absolute Gasteiger partial charge is 0.495 e. The monoisotopic (exact) mass is 486 g/mol. The Morgan fingerprint density at radius 3 is 2.67 bits per heavy atom. The van der Waals surface area contributed by atoms with Crippen LogP contribution in [0.15, 0.2) is 42.6 Å². The highest BCUT2D eigenvalue weighted by molar-refractivity contribution is 5.98. The van der Waals surface area contributed by atoms with Crippen molar-refractivity contribution in [2.24, 2.45) is 5.73 Å². The lowest BCUT2D eigenvalue weighted by Gasteiger charge is -2.26. The van der Waals surface area contributed by atoms with Crippen molar-refractivity contribution in [3.8, 4) is 5.75 Å². The van der Waals surface area contributed by atoms with Gasteiger partial charge in [0.25, 0.3) is 5.91 Å². The minimum Gasteiger partial charge on any atom is -0.495 e. The minimum atomic E-state index is -0.575. The van der Waals surface area contributed by atoms with Gasteiger partial charge in [-0.1, -0.05) is 37.5 Å². The van der Waals surface area contributed by atoms with Crippen molar-refractivity contribution in [1.29, 1.82) is 0 Å². The molecule has 1 aliphatic heterocycles. The molecule has 36 heavy (non-hydrogen) atoms. The van der Waals surface area contributed by atoms with Gasteiger partial charge in [0.1, 0.15) is 17.1 Å². The minimum absolute atomic E-state index is 0.248. The second kappa shape index (κ2) is 10.5. The molecular weight excluding hydrogens is 452 g/mol. The highest BCUT2D eigenvalue weighted by atomic mass is 16.5. The fourth-order valence-electron chi connectivity index (χ4n) is 5.34. The number of likely N-dealkylation sites (N-methyl/N-ethyl adjacent to an activating group) is 1. The normalized spacial score (nSPS) is 16.3. The quantitative estimate of drug-likeness (QED) is 0.426. The van der Waals surface area contributed by atoms with Gasteiger partial charge in [-0.15, -0.1) is 0 Å². The molecule has 5 rings (SSSR count). The van der Waals surface area contributed by atoms with Crippen molar-refractivity contribution in [1.82, 2.24) is 14.9 Å². The molecule has 0 radical (unpaired) electrons. The van der Waals surface area contributed by atoms with E-state index in [0.717, 1.165) is 36.6 Å². The predicted molar refractivity (Wildman–Crippen MR) is 142 cm³/mol. The molecule has 1 fully saturated rings. The zero-order valence-electron chi connectivity index (χ0n) is 21.0. The first-order valence-electron chi connectivity index (χ1n) is 12.7. The van der Waals surface area contributed by atoms with Gasteiger partial charge in [-0.25, -0.2) is 4.98 Å². The van der Waals surface area contributed by atoms with Crippen LogP contribution < -0.4 is 21.1 Å². The number of fused-ring (bicyclic) bond motifs is 1. The van der Waals surface area contributed by atoms with E-state index < -0.39 is 5.91 Å². The van der Waals surface area contributed by atoms with Gasteiger partial charge in [0, 0.05) is 25.0 Å². The number of carbonyl (C=O) groups is 1. The van der Waals surface area contributed by atoms with Gasteiger partial charge >= 0.3 is 0 Å². The molecule has 1 saturated carbocycles. The smallest absolute Gasteiger partial charge is 0.254 e. The third-order valence-electron chi connectivity index (χ3n) is 7.28. The van der Waals surface area contributed by atoms with Crippen LogP contribution in [0.1, 0.15) is 65.1 Å². The number of anilines is 4. The number of hydrogen-bond donors (Lipinski definition) is 3. The van der Waals surface area contributed by atoms with E-state index in [4.69, 9.17) is 10.5 Å². The number of nitrogens with zero attached hydrogens (tertiary/aromatic N) is 3. The molecule has 188 valence electrons. The van der Waals surface area contributed by atoms with E-state index in [9.17, 15) is 4.79 Å². The van der Waals surface area contributed by atoms with Crippen LogP contribution in [-0.2, 0) is 13.0 Å². The van der Waals surface area contributed by atoms with Gasteiger partial charge in [-0.3, -0.25) is 4.79 Å². The van der Waals surface area contributed by atoms with E-state index in [1.54, 1.807) is 7.11 Å². The van der Waals surface area contributed by atoms with Crippen LogP contribution in [0.5, 0.6) is 5.75 Å². The first-order chi connectivity index (χ1) is 17.5. The number of benzene rings is 2. The van der Waals surface area contributed by atoms with E-state index in [0.29, 0.717) is 17.7 Å². The Bertz CT molecular complexity index is 1250. The number of carbonyl (C=O) groups excluding carboxylic acids is 1. The Balaban J connectivity index is 1.46. The Morgan fingerprint density at radius 2 is 1.89 bits per heavy atom.